The zero-order chi connectivity index (χ0) is 29.0. The van der Waals surface area contributed by atoms with E-state index < -0.39 is 28.6 Å². The summed E-state index contributed by atoms with van der Waals surface area (Å²) < 4.78 is 13.1. The van der Waals surface area contributed by atoms with E-state index in [1.807, 2.05) is 6.92 Å². The smallest absolute Gasteiger partial charge is 0.275 e. The molecule has 0 spiro atoms. The van der Waals surface area contributed by atoms with Gasteiger partial charge in [-0.15, -0.1) is 0 Å². The molecule has 12 heteroatoms. The number of aromatic nitrogens is 1. The number of hydrogen-bond donors (Lipinski definition) is 6. The van der Waals surface area contributed by atoms with Gasteiger partial charge in [-0.1, -0.05) is 23.9 Å². The van der Waals surface area contributed by atoms with Gasteiger partial charge >= 0.3 is 0 Å². The van der Waals surface area contributed by atoms with Crippen molar-refractivity contribution < 1.29 is 19.1 Å². The van der Waals surface area contributed by atoms with E-state index in [-0.39, 0.29) is 39.6 Å². The number of amides is 2. The topological polar surface area (TPSA) is 162 Å². The second-order valence-electron chi connectivity index (χ2n) is 10.3. The van der Waals surface area contributed by atoms with Gasteiger partial charge in [-0.2, -0.15) is 0 Å². The number of halogens is 1. The number of nitrogens with zero attached hydrogens (tertiary/aromatic N) is 1. The summed E-state index contributed by atoms with van der Waals surface area (Å²) in [5.74, 6) is -1.81. The molecule has 1 heterocycles. The third-order valence-corrected chi connectivity index (χ3v) is 8.48. The Morgan fingerprint density at radius 3 is 2.40 bits per heavy atom. The first-order chi connectivity index (χ1) is 19.1. The highest BCUT2D eigenvalue weighted by atomic mass is 32.2. The van der Waals surface area contributed by atoms with E-state index in [0.717, 1.165) is 24.6 Å². The number of aromatic hydroxyl groups is 1. The van der Waals surface area contributed by atoms with E-state index in [0.29, 0.717) is 43.8 Å². The predicted molar refractivity (Wildman–Crippen MR) is 153 cm³/mol. The molecular formula is C28H35FN6O4S. The first-order valence-corrected chi connectivity index (χ1v) is 14.2. The van der Waals surface area contributed by atoms with Crippen molar-refractivity contribution in [2.45, 2.75) is 63.6 Å². The number of pyridine rings is 1. The lowest BCUT2D eigenvalue weighted by Crippen LogP contribution is -2.62. The number of hydrogen-bond acceptors (Lipinski definition) is 8. The molecule has 0 saturated heterocycles. The number of thioether (sulfide) groups is 1. The number of carbonyl (C=O) groups excluding carboxylic acids is 2. The largest absolute Gasteiger partial charge is 0.503 e. The van der Waals surface area contributed by atoms with E-state index in [1.54, 1.807) is 24.1 Å². The lowest BCUT2D eigenvalue weighted by Gasteiger charge is -2.47. The fourth-order valence-electron chi connectivity index (χ4n) is 5.19. The molecule has 214 valence electrons. The Balaban J connectivity index is 1.45. The Hall–Kier alpha value is -3.51. The summed E-state index contributed by atoms with van der Waals surface area (Å²) in [6.45, 7) is 2.11. The lowest BCUT2D eigenvalue weighted by molar-refractivity contribution is -0.127. The zero-order valence-corrected chi connectivity index (χ0v) is 23.4. The highest BCUT2D eigenvalue weighted by Crippen LogP contribution is 2.36. The minimum absolute atomic E-state index is 0.0604. The van der Waals surface area contributed by atoms with Crippen LogP contribution in [-0.2, 0) is 11.2 Å². The minimum atomic E-state index is -0.885. The van der Waals surface area contributed by atoms with Gasteiger partial charge < -0.3 is 20.3 Å². The molecular weight excluding hydrogens is 535 g/mol. The maximum Gasteiger partial charge on any atom is 0.275 e. The van der Waals surface area contributed by atoms with Crippen LogP contribution in [0.25, 0.3) is 0 Å². The number of nitrogens with one attached hydrogen (secondary N) is 5. The minimum Gasteiger partial charge on any atom is -0.503 e. The summed E-state index contributed by atoms with van der Waals surface area (Å²) in [5, 5.41) is 33.3. The van der Waals surface area contributed by atoms with Crippen LogP contribution in [-0.4, -0.2) is 62.2 Å². The maximum absolute atomic E-state index is 13.6. The SMILES string of the molecule is CCN(C(=O)c1[nH]cc(C(=N)SC(=N)Cc2ccc(F)cc2)c(=O)c1O)C1(NC)CCC(C(=O)NC2CC2)CC1. The van der Waals surface area contributed by atoms with Gasteiger partial charge in [-0.3, -0.25) is 30.5 Å². The van der Waals surface area contributed by atoms with Crippen LogP contribution < -0.4 is 16.1 Å². The van der Waals surface area contributed by atoms with Crippen LogP contribution in [0.2, 0.25) is 0 Å². The molecule has 6 N–H and O–H groups in total. The molecule has 1 aromatic heterocycles. The van der Waals surface area contributed by atoms with Crippen molar-refractivity contribution >= 4 is 33.7 Å². The standard InChI is InChI=1S/C28H35FN6O4S/c1-3-35(28(32-2)12-10-17(11-13-28)26(38)34-19-8-9-19)27(39)22-24(37)23(36)20(15-33-22)25(31)40-21(30)14-16-4-6-18(29)7-5-16/h4-7,15,17,19,30-32,37H,3,8-14H2,1-2H3,(H,33,36)(H,34,38). The summed E-state index contributed by atoms with van der Waals surface area (Å²) in [6.07, 6.45) is 5.66. The lowest BCUT2D eigenvalue weighted by atomic mass is 9.80. The van der Waals surface area contributed by atoms with Gasteiger partial charge in [0.2, 0.25) is 11.3 Å². The Morgan fingerprint density at radius 2 is 1.82 bits per heavy atom. The average Bonchev–Trinajstić information content (AvgIpc) is 3.76. The summed E-state index contributed by atoms with van der Waals surface area (Å²) in [5.41, 5.74) is -1.40. The molecule has 2 aliphatic rings. The number of aromatic amines is 1. The van der Waals surface area contributed by atoms with E-state index in [9.17, 15) is 23.9 Å². The van der Waals surface area contributed by atoms with Crippen LogP contribution in [0.5, 0.6) is 5.75 Å². The van der Waals surface area contributed by atoms with Gasteiger partial charge in [0.15, 0.2) is 11.4 Å². The Bertz CT molecular complexity index is 1350. The third kappa shape index (κ3) is 6.44. The third-order valence-electron chi connectivity index (χ3n) is 7.67. The molecule has 2 amide bonds. The van der Waals surface area contributed by atoms with E-state index in [2.05, 4.69) is 15.6 Å². The van der Waals surface area contributed by atoms with Crippen molar-refractivity contribution in [2.24, 2.45) is 5.92 Å². The van der Waals surface area contributed by atoms with Crippen LogP contribution in [0, 0.1) is 22.6 Å². The second kappa shape index (κ2) is 12.3. The van der Waals surface area contributed by atoms with E-state index in [1.165, 1.54) is 18.3 Å². The summed E-state index contributed by atoms with van der Waals surface area (Å²) in [6, 6.07) is 5.94. The fourth-order valence-corrected chi connectivity index (χ4v) is 5.93. The number of benzene rings is 1. The molecule has 2 saturated carbocycles. The molecule has 2 fully saturated rings. The molecule has 0 radical (unpaired) electrons. The molecule has 0 bridgehead atoms. The van der Waals surface area contributed by atoms with E-state index in [4.69, 9.17) is 10.8 Å². The van der Waals surface area contributed by atoms with Gasteiger partial charge in [0.1, 0.15) is 10.9 Å². The Labute approximate surface area is 236 Å². The average molecular weight is 571 g/mol. The van der Waals surface area contributed by atoms with Crippen LogP contribution in [0.15, 0.2) is 35.3 Å². The molecule has 4 rings (SSSR count). The molecule has 2 aliphatic carbocycles. The molecule has 40 heavy (non-hydrogen) atoms. The van der Waals surface area contributed by atoms with Crippen molar-refractivity contribution in [3.05, 3.63) is 63.3 Å². The fraction of sp³-hybridized carbons (Fsp3) is 0.464. The second-order valence-corrected chi connectivity index (χ2v) is 11.4. The summed E-state index contributed by atoms with van der Waals surface area (Å²) in [4.78, 5) is 43.5. The molecule has 1 aromatic carbocycles. The first-order valence-electron chi connectivity index (χ1n) is 13.4. The molecule has 0 atom stereocenters. The highest BCUT2D eigenvalue weighted by molar-refractivity contribution is 8.26. The predicted octanol–water partition coefficient (Wildman–Crippen LogP) is 3.34. The zero-order valence-electron chi connectivity index (χ0n) is 22.6. The van der Waals surface area contributed by atoms with Gasteiger partial charge in [0.25, 0.3) is 5.91 Å². The van der Waals surface area contributed by atoms with Crippen LogP contribution >= 0.6 is 11.8 Å². The van der Waals surface area contributed by atoms with Crippen molar-refractivity contribution in [2.75, 3.05) is 13.6 Å². The number of carbonyl (C=O) groups is 2. The first kappa shape index (κ1) is 29.5. The van der Waals surface area contributed by atoms with E-state index >= 15 is 0 Å². The van der Waals surface area contributed by atoms with Gasteiger partial charge in [-0.25, -0.2) is 4.39 Å². The molecule has 0 unspecified atom stereocenters. The summed E-state index contributed by atoms with van der Waals surface area (Å²) in [7, 11) is 1.76. The normalized spacial score (nSPS) is 20.5. The summed E-state index contributed by atoms with van der Waals surface area (Å²) >= 11 is 0.739. The van der Waals surface area contributed by atoms with Gasteiger partial charge in [0.05, 0.1) is 16.3 Å². The van der Waals surface area contributed by atoms with Crippen LogP contribution in [0.3, 0.4) is 0 Å². The molecule has 10 nitrogen and oxygen atoms in total. The Morgan fingerprint density at radius 1 is 1.18 bits per heavy atom. The van der Waals surface area contributed by atoms with Gasteiger partial charge in [0, 0.05) is 31.1 Å². The highest BCUT2D eigenvalue weighted by Gasteiger charge is 2.44. The quantitative estimate of drug-likeness (QED) is 0.154. The molecule has 0 aliphatic heterocycles. The van der Waals surface area contributed by atoms with Gasteiger partial charge in [-0.05, 0) is 70.2 Å². The maximum atomic E-state index is 13.6. The number of H-pyrrole nitrogens is 1. The Kier molecular flexibility index (Phi) is 9.09. The van der Waals surface area contributed by atoms with Crippen molar-refractivity contribution in [3.8, 4) is 5.75 Å². The number of rotatable bonds is 9. The van der Waals surface area contributed by atoms with Crippen molar-refractivity contribution in [1.82, 2.24) is 20.5 Å². The van der Waals surface area contributed by atoms with Crippen molar-refractivity contribution in [3.63, 3.8) is 0 Å². The van der Waals surface area contributed by atoms with Crippen LogP contribution in [0.1, 0.15) is 67.1 Å². The van der Waals surface area contributed by atoms with Crippen molar-refractivity contribution in [1.29, 1.82) is 10.8 Å². The van der Waals surface area contributed by atoms with Crippen LogP contribution in [0.4, 0.5) is 4.39 Å². The molecule has 2 aromatic rings. The monoisotopic (exact) mass is 570 g/mol.